The molecule has 0 unspecified atom stereocenters. The second-order valence-electron chi connectivity index (χ2n) is 6.10. The highest BCUT2D eigenvalue weighted by atomic mass is 15.5. The first kappa shape index (κ1) is 11.9. The molecule has 20 heavy (non-hydrogen) atoms. The number of rotatable bonds is 5. The summed E-state index contributed by atoms with van der Waals surface area (Å²) in [6.45, 7) is 2.10. The molecule has 2 aliphatic rings. The second-order valence-corrected chi connectivity index (χ2v) is 6.10. The van der Waals surface area contributed by atoms with E-state index in [0.717, 1.165) is 17.5 Å². The van der Waals surface area contributed by atoms with Gasteiger partial charge in [-0.1, -0.05) is 0 Å². The van der Waals surface area contributed by atoms with Crippen LogP contribution in [0.3, 0.4) is 0 Å². The van der Waals surface area contributed by atoms with E-state index in [2.05, 4.69) is 46.0 Å². The Balaban J connectivity index is 1.55. The van der Waals surface area contributed by atoms with E-state index in [-0.39, 0.29) is 0 Å². The first-order valence-corrected chi connectivity index (χ1v) is 7.42. The van der Waals surface area contributed by atoms with Gasteiger partial charge in [0.05, 0.1) is 5.69 Å². The highest BCUT2D eigenvalue weighted by Gasteiger charge is 2.41. The Kier molecular flexibility index (Phi) is 2.72. The predicted octanol–water partition coefficient (Wildman–Crippen LogP) is 2.57. The van der Waals surface area contributed by atoms with Crippen LogP contribution in [-0.4, -0.2) is 26.2 Å². The van der Waals surface area contributed by atoms with Crippen LogP contribution in [0.2, 0.25) is 0 Å². The first-order valence-electron chi connectivity index (χ1n) is 7.42. The van der Waals surface area contributed by atoms with Crippen molar-refractivity contribution in [3.05, 3.63) is 30.1 Å². The zero-order chi connectivity index (χ0) is 13.5. The van der Waals surface area contributed by atoms with Crippen LogP contribution in [0.4, 0.5) is 5.69 Å². The standard InChI is InChI=1S/C15H19N5/c1-10-8-13(6-7-14(10)20-9-16-18-19-20)17-15(11-2-3-11)12-4-5-12/h6-9,11-12,15,17H,2-5H2,1H3. The molecule has 0 spiro atoms. The van der Waals surface area contributed by atoms with Gasteiger partial charge in [0, 0.05) is 11.7 Å². The zero-order valence-electron chi connectivity index (χ0n) is 11.7. The van der Waals surface area contributed by atoms with Gasteiger partial charge in [-0.2, -0.15) is 0 Å². The molecule has 0 saturated heterocycles. The summed E-state index contributed by atoms with van der Waals surface area (Å²) in [5, 5.41) is 15.1. The minimum Gasteiger partial charge on any atom is -0.382 e. The number of benzene rings is 1. The fraction of sp³-hybridized carbons (Fsp3) is 0.533. The maximum atomic E-state index is 3.95. The summed E-state index contributed by atoms with van der Waals surface area (Å²) in [6, 6.07) is 7.12. The van der Waals surface area contributed by atoms with Gasteiger partial charge in [-0.25, -0.2) is 4.68 Å². The van der Waals surface area contributed by atoms with Gasteiger partial charge < -0.3 is 5.32 Å². The first-order chi connectivity index (χ1) is 9.81. The lowest BCUT2D eigenvalue weighted by atomic mass is 10.1. The molecule has 5 heteroatoms. The Morgan fingerprint density at radius 2 is 1.95 bits per heavy atom. The third-order valence-corrected chi connectivity index (χ3v) is 4.39. The quantitative estimate of drug-likeness (QED) is 0.906. The maximum absolute atomic E-state index is 3.95. The molecule has 2 fully saturated rings. The van der Waals surface area contributed by atoms with Crippen molar-refractivity contribution in [3.8, 4) is 5.69 Å². The van der Waals surface area contributed by atoms with Crippen molar-refractivity contribution in [3.63, 3.8) is 0 Å². The van der Waals surface area contributed by atoms with E-state index in [4.69, 9.17) is 0 Å². The number of aryl methyl sites for hydroxylation is 1. The van der Waals surface area contributed by atoms with Crippen LogP contribution in [0.25, 0.3) is 5.69 Å². The molecule has 2 saturated carbocycles. The molecule has 1 aromatic heterocycles. The normalized spacial score (nSPS) is 18.5. The molecule has 0 aliphatic heterocycles. The Morgan fingerprint density at radius 3 is 2.50 bits per heavy atom. The number of anilines is 1. The topological polar surface area (TPSA) is 55.6 Å². The molecule has 0 amide bonds. The minimum absolute atomic E-state index is 0.688. The Hall–Kier alpha value is -1.91. The lowest BCUT2D eigenvalue weighted by molar-refractivity contribution is 0.568. The molecule has 0 bridgehead atoms. The fourth-order valence-corrected chi connectivity index (χ4v) is 3.00. The molecule has 2 aliphatic carbocycles. The SMILES string of the molecule is Cc1cc(NC(C2CC2)C2CC2)ccc1-n1cnnn1. The number of nitrogens with zero attached hydrogens (tertiary/aromatic N) is 4. The third-order valence-electron chi connectivity index (χ3n) is 4.39. The number of aromatic nitrogens is 4. The zero-order valence-corrected chi connectivity index (χ0v) is 11.7. The van der Waals surface area contributed by atoms with E-state index < -0.39 is 0 Å². The van der Waals surface area contributed by atoms with Gasteiger partial charge in [-0.15, -0.1) is 5.10 Å². The number of hydrogen-bond donors (Lipinski definition) is 1. The van der Waals surface area contributed by atoms with Crippen LogP contribution in [0.5, 0.6) is 0 Å². The minimum atomic E-state index is 0.688. The lowest BCUT2D eigenvalue weighted by Crippen LogP contribution is -2.24. The summed E-state index contributed by atoms with van der Waals surface area (Å²) in [5.74, 6) is 1.81. The molecular formula is C15H19N5. The highest BCUT2D eigenvalue weighted by molar-refractivity contribution is 5.54. The molecule has 0 radical (unpaired) electrons. The van der Waals surface area contributed by atoms with E-state index in [1.54, 1.807) is 11.0 Å². The van der Waals surface area contributed by atoms with Crippen LogP contribution in [-0.2, 0) is 0 Å². The van der Waals surface area contributed by atoms with Gasteiger partial charge in [-0.05, 0) is 78.6 Å². The van der Waals surface area contributed by atoms with E-state index >= 15 is 0 Å². The van der Waals surface area contributed by atoms with Crippen LogP contribution < -0.4 is 5.32 Å². The second kappa shape index (κ2) is 4.58. The third kappa shape index (κ3) is 2.28. The molecule has 104 valence electrons. The summed E-state index contributed by atoms with van der Waals surface area (Å²) < 4.78 is 1.71. The monoisotopic (exact) mass is 269 g/mol. The van der Waals surface area contributed by atoms with Crippen molar-refractivity contribution in [1.82, 2.24) is 20.2 Å². The van der Waals surface area contributed by atoms with Crippen molar-refractivity contribution in [2.24, 2.45) is 11.8 Å². The van der Waals surface area contributed by atoms with Crippen LogP contribution in [0.15, 0.2) is 24.5 Å². The fourth-order valence-electron chi connectivity index (χ4n) is 3.00. The Morgan fingerprint density at radius 1 is 1.20 bits per heavy atom. The van der Waals surface area contributed by atoms with Crippen molar-refractivity contribution < 1.29 is 0 Å². The Bertz CT molecular complexity index is 587. The summed E-state index contributed by atoms with van der Waals surface area (Å²) in [5.41, 5.74) is 3.45. The van der Waals surface area contributed by atoms with E-state index in [1.165, 1.54) is 36.9 Å². The molecule has 0 atom stereocenters. The molecule has 1 N–H and O–H groups in total. The van der Waals surface area contributed by atoms with Gasteiger partial charge in [0.25, 0.3) is 0 Å². The van der Waals surface area contributed by atoms with Crippen molar-refractivity contribution in [1.29, 1.82) is 0 Å². The maximum Gasteiger partial charge on any atom is 0.143 e. The van der Waals surface area contributed by atoms with Crippen LogP contribution in [0.1, 0.15) is 31.2 Å². The van der Waals surface area contributed by atoms with Gasteiger partial charge in [0.2, 0.25) is 0 Å². The van der Waals surface area contributed by atoms with Crippen molar-refractivity contribution in [2.45, 2.75) is 38.6 Å². The molecule has 1 heterocycles. The molecular weight excluding hydrogens is 250 g/mol. The number of nitrogens with one attached hydrogen (secondary N) is 1. The summed E-state index contributed by atoms with van der Waals surface area (Å²) in [4.78, 5) is 0. The van der Waals surface area contributed by atoms with Gasteiger partial charge in [0.15, 0.2) is 0 Å². The van der Waals surface area contributed by atoms with Gasteiger partial charge in [0.1, 0.15) is 6.33 Å². The van der Waals surface area contributed by atoms with Crippen molar-refractivity contribution in [2.75, 3.05) is 5.32 Å². The molecule has 4 rings (SSSR count). The van der Waals surface area contributed by atoms with Crippen LogP contribution in [0, 0.1) is 18.8 Å². The number of hydrogen-bond acceptors (Lipinski definition) is 4. The largest absolute Gasteiger partial charge is 0.382 e. The molecule has 5 nitrogen and oxygen atoms in total. The summed E-state index contributed by atoms with van der Waals surface area (Å²) >= 11 is 0. The average Bonchev–Trinajstić information content (AvgIpc) is 3.37. The molecule has 2 aromatic rings. The summed E-state index contributed by atoms with van der Waals surface area (Å²) in [7, 11) is 0. The Labute approximate surface area is 118 Å². The van der Waals surface area contributed by atoms with E-state index in [0.29, 0.717) is 6.04 Å². The van der Waals surface area contributed by atoms with Gasteiger partial charge >= 0.3 is 0 Å². The van der Waals surface area contributed by atoms with Gasteiger partial charge in [-0.3, -0.25) is 0 Å². The predicted molar refractivity (Wildman–Crippen MR) is 76.7 cm³/mol. The van der Waals surface area contributed by atoms with E-state index in [1.807, 2.05) is 0 Å². The molecule has 1 aromatic carbocycles. The smallest absolute Gasteiger partial charge is 0.143 e. The van der Waals surface area contributed by atoms with Crippen molar-refractivity contribution >= 4 is 5.69 Å². The summed E-state index contributed by atoms with van der Waals surface area (Å²) in [6.07, 6.45) is 7.23. The highest BCUT2D eigenvalue weighted by Crippen LogP contribution is 2.45. The van der Waals surface area contributed by atoms with E-state index in [9.17, 15) is 0 Å². The lowest BCUT2D eigenvalue weighted by Gasteiger charge is -2.20. The average molecular weight is 269 g/mol. The van der Waals surface area contributed by atoms with Crippen LogP contribution >= 0.6 is 0 Å². The number of tetrazole rings is 1.